The summed E-state index contributed by atoms with van der Waals surface area (Å²) in [7, 11) is 0. The zero-order valence-corrected chi connectivity index (χ0v) is 16.7. The van der Waals surface area contributed by atoms with Crippen LogP contribution in [-0.4, -0.2) is 35.0 Å². The molecule has 0 aliphatic heterocycles. The second-order valence-electron chi connectivity index (χ2n) is 6.89. The van der Waals surface area contributed by atoms with Crippen LogP contribution in [0.1, 0.15) is 26.6 Å². The van der Waals surface area contributed by atoms with Gasteiger partial charge in [-0.05, 0) is 32.4 Å². The summed E-state index contributed by atoms with van der Waals surface area (Å²) in [6.07, 6.45) is 0. The number of quaternary nitrogens is 1. The zero-order chi connectivity index (χ0) is 19.4. The van der Waals surface area contributed by atoms with Gasteiger partial charge in [-0.3, -0.25) is 9.59 Å². The van der Waals surface area contributed by atoms with Crippen molar-refractivity contribution < 1.29 is 9.69 Å². The first-order valence-electron chi connectivity index (χ1n) is 9.17. The molecular weight excluding hydrogens is 360 g/mol. The van der Waals surface area contributed by atoms with Gasteiger partial charge in [-0.15, -0.1) is 11.3 Å². The summed E-state index contributed by atoms with van der Waals surface area (Å²) in [5, 5.41) is 3.52. The molecule has 7 heteroatoms. The van der Waals surface area contributed by atoms with Crippen molar-refractivity contribution in [3.8, 4) is 10.4 Å². The molecule has 27 heavy (non-hydrogen) atoms. The number of hydrogen-bond acceptors (Lipinski definition) is 4. The molecule has 1 atom stereocenters. The lowest BCUT2D eigenvalue weighted by Crippen LogP contribution is -3.11. The van der Waals surface area contributed by atoms with Crippen LogP contribution < -0.4 is 15.8 Å². The molecule has 6 nitrogen and oxygen atoms in total. The van der Waals surface area contributed by atoms with E-state index >= 15 is 0 Å². The average molecular weight is 386 g/mol. The second kappa shape index (κ2) is 8.45. The molecule has 3 N–H and O–H groups in total. The van der Waals surface area contributed by atoms with E-state index in [4.69, 9.17) is 0 Å². The number of amides is 1. The van der Waals surface area contributed by atoms with Crippen LogP contribution in [0, 0.1) is 0 Å². The lowest BCUT2D eigenvalue weighted by molar-refractivity contribution is -0.904. The van der Waals surface area contributed by atoms with E-state index in [1.807, 2.05) is 57.2 Å². The fourth-order valence-electron chi connectivity index (χ4n) is 2.95. The zero-order valence-electron chi connectivity index (χ0n) is 15.8. The minimum atomic E-state index is -0.129. The van der Waals surface area contributed by atoms with Crippen molar-refractivity contribution in [2.45, 2.75) is 33.4 Å². The maximum Gasteiger partial charge on any atom is 0.275 e. The van der Waals surface area contributed by atoms with Crippen molar-refractivity contribution in [2.75, 3.05) is 13.1 Å². The van der Waals surface area contributed by atoms with Crippen LogP contribution in [0.15, 0.2) is 41.2 Å². The number of aromatic amines is 1. The quantitative estimate of drug-likeness (QED) is 0.578. The first-order chi connectivity index (χ1) is 13.0. The highest BCUT2D eigenvalue weighted by Gasteiger charge is 2.17. The number of H-pyrrole nitrogens is 1. The van der Waals surface area contributed by atoms with Crippen molar-refractivity contribution in [3.63, 3.8) is 0 Å². The van der Waals surface area contributed by atoms with Gasteiger partial charge in [-0.1, -0.05) is 30.3 Å². The summed E-state index contributed by atoms with van der Waals surface area (Å²) in [5.41, 5.74) is 0.947. The lowest BCUT2D eigenvalue weighted by atomic mass is 10.2. The minimum absolute atomic E-state index is 0.00719. The predicted octanol–water partition coefficient (Wildman–Crippen LogP) is 1.58. The Kier molecular flexibility index (Phi) is 6.03. The number of fused-ring (bicyclic) bond motifs is 1. The van der Waals surface area contributed by atoms with Gasteiger partial charge in [-0.2, -0.15) is 0 Å². The van der Waals surface area contributed by atoms with Crippen molar-refractivity contribution in [3.05, 3.63) is 52.6 Å². The average Bonchev–Trinajstić information content (AvgIpc) is 3.06. The van der Waals surface area contributed by atoms with Gasteiger partial charge in [0.1, 0.15) is 11.4 Å². The number of carbonyl (C=O) groups excluding carboxylic acids is 1. The van der Waals surface area contributed by atoms with Gasteiger partial charge in [-0.25, -0.2) is 4.98 Å². The molecule has 2 aromatic heterocycles. The molecule has 3 aromatic rings. The van der Waals surface area contributed by atoms with Crippen LogP contribution in [0.3, 0.4) is 0 Å². The molecular formula is C20H25N4O2S+. The van der Waals surface area contributed by atoms with Gasteiger partial charge >= 0.3 is 0 Å². The summed E-state index contributed by atoms with van der Waals surface area (Å²) < 4.78 is 0. The molecule has 1 unspecified atom stereocenters. The fourth-order valence-corrected chi connectivity index (χ4v) is 4.01. The first kappa shape index (κ1) is 19.3. The normalized spacial score (nSPS) is 12.4. The van der Waals surface area contributed by atoms with Gasteiger partial charge in [0.2, 0.25) is 0 Å². The van der Waals surface area contributed by atoms with E-state index in [2.05, 4.69) is 15.3 Å². The van der Waals surface area contributed by atoms with E-state index in [0.29, 0.717) is 24.3 Å². The molecule has 142 valence electrons. The van der Waals surface area contributed by atoms with Crippen LogP contribution in [0.5, 0.6) is 0 Å². The highest BCUT2D eigenvalue weighted by Crippen LogP contribution is 2.30. The molecule has 0 bridgehead atoms. The highest BCUT2D eigenvalue weighted by molar-refractivity contribution is 7.21. The smallest absolute Gasteiger partial charge is 0.275 e. The molecule has 1 aromatic carbocycles. The monoisotopic (exact) mass is 385 g/mol. The maximum atomic E-state index is 12.5. The largest absolute Gasteiger partial charge is 0.349 e. The molecule has 0 aliphatic carbocycles. The number of nitrogens with zero attached hydrogens (tertiary/aromatic N) is 1. The Balaban J connectivity index is 1.83. The van der Waals surface area contributed by atoms with E-state index in [1.54, 1.807) is 0 Å². The van der Waals surface area contributed by atoms with Crippen molar-refractivity contribution in [1.82, 2.24) is 15.3 Å². The van der Waals surface area contributed by atoms with Crippen LogP contribution >= 0.6 is 11.3 Å². The van der Waals surface area contributed by atoms with Gasteiger partial charge in [0, 0.05) is 10.9 Å². The standard InChI is InChI=1S/C20H24N4O2S/c1-4-24(12-18(25)21-13(2)3)11-17-22-19(26)15-10-16(27-20(15)23-17)14-8-6-5-7-9-14/h5-10,13H,4,11-12H2,1-3H3,(H,21,25)(H,22,23,26)/p+1. The van der Waals surface area contributed by atoms with E-state index in [-0.39, 0.29) is 17.5 Å². The Hall–Kier alpha value is -2.51. The van der Waals surface area contributed by atoms with E-state index in [0.717, 1.165) is 26.7 Å². The molecule has 0 saturated heterocycles. The summed E-state index contributed by atoms with van der Waals surface area (Å²) in [6.45, 7) is 7.54. The number of benzene rings is 1. The Morgan fingerprint density at radius 2 is 2.04 bits per heavy atom. The highest BCUT2D eigenvalue weighted by atomic mass is 32.1. The third-order valence-corrected chi connectivity index (χ3v) is 5.37. The number of nitrogens with one attached hydrogen (secondary N) is 3. The van der Waals surface area contributed by atoms with Gasteiger partial charge in [0.25, 0.3) is 11.5 Å². The van der Waals surface area contributed by atoms with Crippen LogP contribution in [0.2, 0.25) is 0 Å². The molecule has 0 saturated carbocycles. The topological polar surface area (TPSA) is 79.3 Å². The van der Waals surface area contributed by atoms with Crippen LogP contribution in [0.4, 0.5) is 0 Å². The lowest BCUT2D eigenvalue weighted by Gasteiger charge is -2.17. The Labute approximate surface area is 162 Å². The van der Waals surface area contributed by atoms with Crippen molar-refractivity contribution in [2.24, 2.45) is 0 Å². The summed E-state index contributed by atoms with van der Waals surface area (Å²) in [5.74, 6) is 0.621. The van der Waals surface area contributed by atoms with Gasteiger partial charge in [0.05, 0.1) is 11.9 Å². The molecule has 2 heterocycles. The minimum Gasteiger partial charge on any atom is -0.349 e. The van der Waals surface area contributed by atoms with Crippen molar-refractivity contribution in [1.29, 1.82) is 0 Å². The molecule has 0 aliphatic rings. The summed E-state index contributed by atoms with van der Waals surface area (Å²) in [4.78, 5) is 34.9. The number of hydrogen-bond donors (Lipinski definition) is 3. The first-order valence-corrected chi connectivity index (χ1v) is 9.99. The number of likely N-dealkylation sites (N-methyl/N-ethyl adjacent to an activating group) is 1. The molecule has 1 amide bonds. The molecule has 0 radical (unpaired) electrons. The Bertz CT molecular complexity index is 979. The van der Waals surface area contributed by atoms with Crippen LogP contribution in [-0.2, 0) is 11.3 Å². The second-order valence-corrected chi connectivity index (χ2v) is 7.92. The van der Waals surface area contributed by atoms with Crippen molar-refractivity contribution >= 4 is 27.5 Å². The molecule has 3 rings (SSSR count). The van der Waals surface area contributed by atoms with Gasteiger partial charge < -0.3 is 15.2 Å². The molecule has 0 spiro atoms. The summed E-state index contributed by atoms with van der Waals surface area (Å²) in [6, 6.07) is 12.0. The van der Waals surface area contributed by atoms with E-state index < -0.39 is 0 Å². The maximum absolute atomic E-state index is 12.5. The third kappa shape index (κ3) is 4.81. The van der Waals surface area contributed by atoms with E-state index in [1.165, 1.54) is 11.3 Å². The fraction of sp³-hybridized carbons (Fsp3) is 0.350. The molecule has 0 fully saturated rings. The van der Waals surface area contributed by atoms with E-state index in [9.17, 15) is 9.59 Å². The SMILES string of the molecule is CC[NH+](CC(=O)NC(C)C)Cc1nc2sc(-c3ccccc3)cc2c(=O)[nH]1. The third-order valence-electron chi connectivity index (χ3n) is 4.29. The number of thiophene rings is 1. The summed E-state index contributed by atoms with van der Waals surface area (Å²) >= 11 is 1.52. The number of aromatic nitrogens is 2. The predicted molar refractivity (Wildman–Crippen MR) is 109 cm³/mol. The Morgan fingerprint density at radius 3 is 2.70 bits per heavy atom. The van der Waals surface area contributed by atoms with Crippen LogP contribution in [0.25, 0.3) is 20.7 Å². The number of rotatable bonds is 7. The van der Waals surface area contributed by atoms with Gasteiger partial charge in [0.15, 0.2) is 12.4 Å². The Morgan fingerprint density at radius 1 is 1.30 bits per heavy atom. The number of carbonyl (C=O) groups is 1.